The number of aromatic hydroxyl groups is 1. The summed E-state index contributed by atoms with van der Waals surface area (Å²) in [5.74, 6) is -0.165. The minimum Gasteiger partial charge on any atom is -0.508 e. The molecule has 0 spiro atoms. The minimum atomic E-state index is -4.72. The number of rotatable bonds is 3. The molecule has 0 atom stereocenters. The summed E-state index contributed by atoms with van der Waals surface area (Å²) >= 11 is 0. The molecule has 118 valence electrons. The van der Waals surface area contributed by atoms with E-state index < -0.39 is 6.36 Å². The highest BCUT2D eigenvalue weighted by Gasteiger charge is 2.30. The van der Waals surface area contributed by atoms with E-state index in [4.69, 9.17) is 0 Å². The van der Waals surface area contributed by atoms with Crippen LogP contribution in [0.25, 0.3) is 16.9 Å². The van der Waals surface area contributed by atoms with Crippen molar-refractivity contribution in [1.29, 1.82) is 0 Å². The summed E-state index contributed by atoms with van der Waals surface area (Å²) in [6.45, 7) is 0. The van der Waals surface area contributed by atoms with Gasteiger partial charge in [-0.25, -0.2) is 4.68 Å². The number of hydrogen-bond acceptors (Lipinski definition) is 4. The number of hydrogen-bond donors (Lipinski definition) is 1. The van der Waals surface area contributed by atoms with Gasteiger partial charge >= 0.3 is 6.36 Å². The molecule has 0 unspecified atom stereocenters. The van der Waals surface area contributed by atoms with Crippen molar-refractivity contribution in [3.8, 4) is 28.4 Å². The van der Waals surface area contributed by atoms with Crippen molar-refractivity contribution in [2.45, 2.75) is 6.36 Å². The largest absolute Gasteiger partial charge is 0.573 e. The zero-order valence-corrected chi connectivity index (χ0v) is 11.5. The first-order valence-corrected chi connectivity index (χ1v) is 6.49. The molecular formula is C15H10F3N3O2. The second-order valence-corrected chi connectivity index (χ2v) is 4.64. The van der Waals surface area contributed by atoms with E-state index in [0.29, 0.717) is 11.4 Å². The highest BCUT2D eigenvalue weighted by molar-refractivity contribution is 5.59. The fourth-order valence-corrected chi connectivity index (χ4v) is 1.96. The van der Waals surface area contributed by atoms with Crippen molar-refractivity contribution >= 4 is 0 Å². The number of phenolic OH excluding ortho intramolecular Hbond substituents is 1. The van der Waals surface area contributed by atoms with Crippen molar-refractivity contribution in [3.05, 3.63) is 54.7 Å². The first-order chi connectivity index (χ1) is 10.9. The molecule has 1 heterocycles. The third-order valence-corrected chi connectivity index (χ3v) is 2.99. The topological polar surface area (TPSA) is 60.2 Å². The van der Waals surface area contributed by atoms with E-state index in [1.54, 1.807) is 18.3 Å². The maximum Gasteiger partial charge on any atom is 0.573 e. The Kier molecular flexibility index (Phi) is 3.65. The van der Waals surface area contributed by atoms with Gasteiger partial charge in [0.25, 0.3) is 0 Å². The molecule has 0 aliphatic heterocycles. The van der Waals surface area contributed by atoms with Crippen LogP contribution in [0.1, 0.15) is 0 Å². The Hall–Kier alpha value is -3.03. The molecular weight excluding hydrogens is 311 g/mol. The molecule has 1 N–H and O–H groups in total. The van der Waals surface area contributed by atoms with Crippen LogP contribution in [0.3, 0.4) is 0 Å². The normalized spacial score (nSPS) is 11.4. The van der Waals surface area contributed by atoms with E-state index in [1.807, 2.05) is 0 Å². The van der Waals surface area contributed by atoms with Crippen LogP contribution < -0.4 is 4.74 Å². The van der Waals surface area contributed by atoms with Gasteiger partial charge in [0.1, 0.15) is 17.2 Å². The van der Waals surface area contributed by atoms with E-state index in [0.717, 1.165) is 5.56 Å². The van der Waals surface area contributed by atoms with Crippen LogP contribution in [0.15, 0.2) is 54.7 Å². The van der Waals surface area contributed by atoms with Crippen LogP contribution in [0.5, 0.6) is 11.5 Å². The predicted octanol–water partition coefficient (Wildman–Crippen LogP) is 3.54. The van der Waals surface area contributed by atoms with Crippen molar-refractivity contribution < 1.29 is 23.0 Å². The van der Waals surface area contributed by atoms with Gasteiger partial charge in [0.15, 0.2) is 0 Å². The summed E-state index contributed by atoms with van der Waals surface area (Å²) in [6.07, 6.45) is -3.09. The van der Waals surface area contributed by atoms with E-state index >= 15 is 0 Å². The molecule has 0 saturated heterocycles. The van der Waals surface area contributed by atoms with Gasteiger partial charge in [0.2, 0.25) is 0 Å². The molecule has 8 heteroatoms. The lowest BCUT2D eigenvalue weighted by Gasteiger charge is -2.08. The van der Waals surface area contributed by atoms with Crippen LogP contribution in [0, 0.1) is 0 Å². The van der Waals surface area contributed by atoms with Crippen LogP contribution in [0.2, 0.25) is 0 Å². The third kappa shape index (κ3) is 3.60. The maximum atomic E-state index is 12.1. The molecule has 2 aromatic carbocycles. The Morgan fingerprint density at radius 2 is 1.61 bits per heavy atom. The summed E-state index contributed by atoms with van der Waals surface area (Å²) in [5, 5.41) is 17.2. The van der Waals surface area contributed by atoms with E-state index in [9.17, 15) is 18.3 Å². The van der Waals surface area contributed by atoms with Gasteiger partial charge in [-0.3, -0.25) is 0 Å². The van der Waals surface area contributed by atoms with Gasteiger partial charge < -0.3 is 9.84 Å². The lowest BCUT2D eigenvalue weighted by molar-refractivity contribution is -0.274. The number of nitrogens with zero attached hydrogens (tertiary/aromatic N) is 3. The third-order valence-electron chi connectivity index (χ3n) is 2.99. The molecule has 0 radical (unpaired) electrons. The average Bonchev–Trinajstić information content (AvgIpc) is 2.97. The molecule has 0 amide bonds. The molecule has 23 heavy (non-hydrogen) atoms. The zero-order chi connectivity index (χ0) is 16.4. The molecule has 3 rings (SSSR count). The molecule has 0 aliphatic carbocycles. The summed E-state index contributed by atoms with van der Waals surface area (Å²) < 4.78 is 41.6. The van der Waals surface area contributed by atoms with Gasteiger partial charge in [-0.05, 0) is 48.5 Å². The Bertz CT molecular complexity index is 796. The van der Waals surface area contributed by atoms with E-state index in [-0.39, 0.29) is 11.5 Å². The van der Waals surface area contributed by atoms with Crippen molar-refractivity contribution in [2.24, 2.45) is 0 Å². The summed E-state index contributed by atoms with van der Waals surface area (Å²) in [7, 11) is 0. The first-order valence-electron chi connectivity index (χ1n) is 6.49. The molecule has 0 aliphatic rings. The van der Waals surface area contributed by atoms with Gasteiger partial charge in [-0.15, -0.1) is 18.3 Å². The Labute approximate surface area is 128 Å². The van der Waals surface area contributed by atoms with Gasteiger partial charge in [0.05, 0.1) is 11.9 Å². The molecule has 5 nitrogen and oxygen atoms in total. The van der Waals surface area contributed by atoms with E-state index in [2.05, 4.69) is 15.0 Å². The molecule has 0 bridgehead atoms. The number of phenols is 1. The Morgan fingerprint density at radius 1 is 0.957 bits per heavy atom. The Balaban J connectivity index is 1.81. The van der Waals surface area contributed by atoms with Gasteiger partial charge in [0, 0.05) is 5.56 Å². The fourth-order valence-electron chi connectivity index (χ4n) is 1.96. The SMILES string of the molecule is Oc1ccc(-c2cn(-c3ccc(OC(F)(F)F)cc3)nn2)cc1. The zero-order valence-electron chi connectivity index (χ0n) is 11.5. The number of ether oxygens (including phenoxy) is 1. The lowest BCUT2D eigenvalue weighted by atomic mass is 10.2. The van der Waals surface area contributed by atoms with Crippen LogP contribution in [-0.2, 0) is 0 Å². The average molecular weight is 321 g/mol. The van der Waals surface area contributed by atoms with Crippen LogP contribution >= 0.6 is 0 Å². The minimum absolute atomic E-state index is 0.140. The van der Waals surface area contributed by atoms with E-state index in [1.165, 1.54) is 41.1 Å². The summed E-state index contributed by atoms with van der Waals surface area (Å²) in [6, 6.07) is 11.7. The molecule has 0 fully saturated rings. The second-order valence-electron chi connectivity index (χ2n) is 4.64. The smallest absolute Gasteiger partial charge is 0.508 e. The van der Waals surface area contributed by atoms with Gasteiger partial charge in [-0.2, -0.15) is 0 Å². The standard InChI is InChI=1S/C15H10F3N3O2/c16-15(17,18)23-13-7-3-11(4-8-13)21-9-14(19-20-21)10-1-5-12(22)6-2-10/h1-9,22H. The predicted molar refractivity (Wildman–Crippen MR) is 75.1 cm³/mol. The fraction of sp³-hybridized carbons (Fsp3) is 0.0667. The number of alkyl halides is 3. The maximum absolute atomic E-state index is 12.1. The summed E-state index contributed by atoms with van der Waals surface area (Å²) in [4.78, 5) is 0. The summed E-state index contributed by atoms with van der Waals surface area (Å²) in [5.41, 5.74) is 1.86. The van der Waals surface area contributed by atoms with Crippen molar-refractivity contribution in [3.63, 3.8) is 0 Å². The number of benzene rings is 2. The van der Waals surface area contributed by atoms with Crippen molar-refractivity contribution in [1.82, 2.24) is 15.0 Å². The lowest BCUT2D eigenvalue weighted by Crippen LogP contribution is -2.17. The molecule has 3 aromatic rings. The molecule has 1 aromatic heterocycles. The monoisotopic (exact) mass is 321 g/mol. The highest BCUT2D eigenvalue weighted by atomic mass is 19.4. The van der Waals surface area contributed by atoms with Gasteiger partial charge in [-0.1, -0.05) is 5.21 Å². The highest BCUT2D eigenvalue weighted by Crippen LogP contribution is 2.24. The molecule has 0 saturated carbocycles. The number of aromatic nitrogens is 3. The van der Waals surface area contributed by atoms with Crippen LogP contribution in [0.4, 0.5) is 13.2 Å². The quantitative estimate of drug-likeness (QED) is 0.801. The van der Waals surface area contributed by atoms with Crippen LogP contribution in [-0.4, -0.2) is 26.5 Å². The first kappa shape index (κ1) is 14.9. The number of halogens is 3. The second kappa shape index (κ2) is 5.64. The Morgan fingerprint density at radius 3 is 2.22 bits per heavy atom. The van der Waals surface area contributed by atoms with Crippen molar-refractivity contribution in [2.75, 3.05) is 0 Å².